The van der Waals surface area contributed by atoms with E-state index in [4.69, 9.17) is 20.8 Å². The van der Waals surface area contributed by atoms with Crippen molar-refractivity contribution in [1.29, 1.82) is 0 Å². The average molecular weight is 428 g/mol. The lowest BCUT2D eigenvalue weighted by atomic mass is 10.2. The summed E-state index contributed by atoms with van der Waals surface area (Å²) in [4.78, 5) is 14.7. The van der Waals surface area contributed by atoms with Crippen LogP contribution in [0.25, 0.3) is 11.5 Å². The molecule has 0 fully saturated rings. The Bertz CT molecular complexity index is 970. The minimum atomic E-state index is -0.0928. The first-order valence-electron chi connectivity index (χ1n) is 10.1. The van der Waals surface area contributed by atoms with Crippen LogP contribution < -0.4 is 4.74 Å². The Labute approximate surface area is 181 Å². The lowest BCUT2D eigenvalue weighted by molar-refractivity contribution is 0.0728. The van der Waals surface area contributed by atoms with Crippen molar-refractivity contribution in [3.63, 3.8) is 0 Å². The fraction of sp³-hybridized carbons (Fsp3) is 0.348. The molecule has 0 bridgehead atoms. The monoisotopic (exact) mass is 427 g/mol. The lowest BCUT2D eigenvalue weighted by Gasteiger charge is -2.20. The molecular weight excluding hydrogens is 402 g/mol. The molecule has 0 atom stereocenters. The first-order chi connectivity index (χ1) is 14.5. The third-order valence-corrected chi connectivity index (χ3v) is 4.69. The zero-order chi connectivity index (χ0) is 21.5. The molecule has 6 nitrogen and oxygen atoms in total. The van der Waals surface area contributed by atoms with Crippen LogP contribution in [0.4, 0.5) is 0 Å². The number of carbonyl (C=O) groups excluding carboxylic acids is 1. The van der Waals surface area contributed by atoms with Crippen LogP contribution >= 0.6 is 11.6 Å². The highest BCUT2D eigenvalue weighted by Crippen LogP contribution is 2.26. The van der Waals surface area contributed by atoms with Crippen LogP contribution in [0.1, 0.15) is 43.4 Å². The van der Waals surface area contributed by atoms with Gasteiger partial charge in [-0.3, -0.25) is 4.79 Å². The summed E-state index contributed by atoms with van der Waals surface area (Å²) in [6, 6.07) is 14.5. The van der Waals surface area contributed by atoms with Crippen molar-refractivity contribution >= 4 is 17.5 Å². The highest BCUT2D eigenvalue weighted by molar-refractivity contribution is 6.33. The average Bonchev–Trinajstić information content (AvgIpc) is 3.20. The highest BCUT2D eigenvalue weighted by Gasteiger charge is 2.19. The van der Waals surface area contributed by atoms with Crippen molar-refractivity contribution in [2.45, 2.75) is 33.7 Å². The molecule has 0 saturated heterocycles. The molecule has 0 saturated carbocycles. The molecule has 2 aromatic carbocycles. The van der Waals surface area contributed by atoms with Crippen LogP contribution in [0.15, 0.2) is 52.9 Å². The maximum atomic E-state index is 13.0. The molecule has 0 aliphatic rings. The summed E-state index contributed by atoms with van der Waals surface area (Å²) in [5.41, 5.74) is 1.26. The first kappa shape index (κ1) is 21.8. The number of rotatable bonds is 9. The van der Waals surface area contributed by atoms with E-state index < -0.39 is 0 Å². The number of halogens is 1. The Kier molecular flexibility index (Phi) is 7.46. The van der Waals surface area contributed by atoms with Gasteiger partial charge in [0.1, 0.15) is 5.75 Å². The van der Waals surface area contributed by atoms with Crippen molar-refractivity contribution in [1.82, 2.24) is 15.1 Å². The summed E-state index contributed by atoms with van der Waals surface area (Å²) in [5, 5.41) is 8.72. The molecule has 0 aliphatic carbocycles. The van der Waals surface area contributed by atoms with Crippen LogP contribution in [0, 0.1) is 5.92 Å². The summed E-state index contributed by atoms with van der Waals surface area (Å²) in [5.74, 6) is 1.81. The van der Waals surface area contributed by atoms with E-state index in [1.807, 2.05) is 37.3 Å². The topological polar surface area (TPSA) is 68.5 Å². The number of ether oxygens (including phenoxy) is 1. The quantitative estimate of drug-likeness (QED) is 0.452. The van der Waals surface area contributed by atoms with E-state index in [0.717, 1.165) is 12.2 Å². The number of hydrogen-bond donors (Lipinski definition) is 0. The largest absolute Gasteiger partial charge is 0.493 e. The maximum absolute atomic E-state index is 13.0. The van der Waals surface area contributed by atoms with Crippen LogP contribution in [-0.2, 0) is 6.54 Å². The zero-order valence-corrected chi connectivity index (χ0v) is 18.2. The molecule has 0 aliphatic heterocycles. The Morgan fingerprint density at radius 2 is 1.87 bits per heavy atom. The normalized spacial score (nSPS) is 11.0. The summed E-state index contributed by atoms with van der Waals surface area (Å²) in [6.07, 6.45) is 0.812. The molecule has 7 heteroatoms. The second-order valence-electron chi connectivity index (χ2n) is 7.44. The molecule has 30 heavy (non-hydrogen) atoms. The summed E-state index contributed by atoms with van der Waals surface area (Å²) >= 11 is 6.20. The van der Waals surface area contributed by atoms with Gasteiger partial charge in [-0.05, 0) is 48.7 Å². The summed E-state index contributed by atoms with van der Waals surface area (Å²) in [7, 11) is 0. The highest BCUT2D eigenvalue weighted by atomic mass is 35.5. The van der Waals surface area contributed by atoms with Gasteiger partial charge in [0.25, 0.3) is 5.91 Å². The fourth-order valence-corrected chi connectivity index (χ4v) is 3.10. The molecule has 0 radical (unpaired) electrons. The van der Waals surface area contributed by atoms with Gasteiger partial charge < -0.3 is 14.1 Å². The van der Waals surface area contributed by atoms with E-state index in [-0.39, 0.29) is 12.5 Å². The molecule has 1 aromatic heterocycles. The molecular formula is C23H26ClN3O3. The smallest absolute Gasteiger partial charge is 0.254 e. The van der Waals surface area contributed by atoms with E-state index in [1.54, 1.807) is 23.1 Å². The standard InChI is InChI=1S/C23H26ClN3O3/c1-4-13-27(23(28)17-9-11-18(12-10-17)29-15-16(2)3)14-21-25-26-22(30-21)19-7-5-6-8-20(19)24/h5-12,16H,4,13-15H2,1-3H3. The molecule has 1 heterocycles. The van der Waals surface area contributed by atoms with Gasteiger partial charge >= 0.3 is 0 Å². The minimum Gasteiger partial charge on any atom is -0.493 e. The predicted octanol–water partition coefficient (Wildman–Crippen LogP) is 5.48. The minimum absolute atomic E-state index is 0.0928. The number of hydrogen-bond acceptors (Lipinski definition) is 5. The van der Waals surface area contributed by atoms with Crippen LogP contribution in [0.2, 0.25) is 5.02 Å². The van der Waals surface area contributed by atoms with Crippen LogP contribution in [0.5, 0.6) is 5.75 Å². The van der Waals surface area contributed by atoms with Gasteiger partial charge in [0.15, 0.2) is 0 Å². The van der Waals surface area contributed by atoms with E-state index in [2.05, 4.69) is 24.0 Å². The molecule has 0 unspecified atom stereocenters. The Morgan fingerprint density at radius 3 is 2.53 bits per heavy atom. The first-order valence-corrected chi connectivity index (χ1v) is 10.4. The van der Waals surface area contributed by atoms with Crippen LogP contribution in [0.3, 0.4) is 0 Å². The third kappa shape index (κ3) is 5.60. The predicted molar refractivity (Wildman–Crippen MR) is 117 cm³/mol. The van der Waals surface area contributed by atoms with Crippen molar-refractivity contribution in [3.05, 3.63) is 65.0 Å². The van der Waals surface area contributed by atoms with E-state index in [9.17, 15) is 4.79 Å². The van der Waals surface area contributed by atoms with Gasteiger partial charge in [0.2, 0.25) is 11.8 Å². The van der Waals surface area contributed by atoms with E-state index >= 15 is 0 Å². The van der Waals surface area contributed by atoms with Gasteiger partial charge in [-0.25, -0.2) is 0 Å². The van der Waals surface area contributed by atoms with Gasteiger partial charge in [0, 0.05) is 12.1 Å². The number of benzene rings is 2. The van der Waals surface area contributed by atoms with Gasteiger partial charge in [-0.2, -0.15) is 0 Å². The van der Waals surface area contributed by atoms with Crippen molar-refractivity contribution < 1.29 is 13.9 Å². The SMILES string of the molecule is CCCN(Cc1nnc(-c2ccccc2Cl)o1)C(=O)c1ccc(OCC(C)C)cc1. The van der Waals surface area contributed by atoms with Gasteiger partial charge in [-0.1, -0.05) is 44.5 Å². The second kappa shape index (κ2) is 10.3. The molecule has 158 valence electrons. The summed E-state index contributed by atoms with van der Waals surface area (Å²) < 4.78 is 11.5. The maximum Gasteiger partial charge on any atom is 0.254 e. The Balaban J connectivity index is 1.71. The second-order valence-corrected chi connectivity index (χ2v) is 7.84. The van der Waals surface area contributed by atoms with Crippen molar-refractivity contribution in [3.8, 4) is 17.2 Å². The molecule has 3 rings (SSSR count). The van der Waals surface area contributed by atoms with E-state index in [0.29, 0.717) is 47.0 Å². The number of aromatic nitrogens is 2. The van der Waals surface area contributed by atoms with E-state index in [1.165, 1.54) is 0 Å². The van der Waals surface area contributed by atoms with Gasteiger partial charge in [-0.15, -0.1) is 10.2 Å². The molecule has 1 amide bonds. The fourth-order valence-electron chi connectivity index (χ4n) is 2.89. The lowest BCUT2D eigenvalue weighted by Crippen LogP contribution is -2.31. The molecule has 0 N–H and O–H groups in total. The number of amides is 1. The Morgan fingerprint density at radius 1 is 1.13 bits per heavy atom. The van der Waals surface area contributed by atoms with Crippen molar-refractivity contribution in [2.75, 3.05) is 13.2 Å². The van der Waals surface area contributed by atoms with Crippen LogP contribution in [-0.4, -0.2) is 34.2 Å². The zero-order valence-electron chi connectivity index (χ0n) is 17.5. The third-order valence-electron chi connectivity index (χ3n) is 4.36. The Hall–Kier alpha value is -2.86. The number of carbonyl (C=O) groups is 1. The number of nitrogens with zero attached hydrogens (tertiary/aromatic N) is 3. The molecule has 0 spiro atoms. The molecule has 3 aromatic rings. The summed E-state index contributed by atoms with van der Waals surface area (Å²) in [6.45, 7) is 7.65. The van der Waals surface area contributed by atoms with Gasteiger partial charge in [0.05, 0.1) is 23.7 Å². The van der Waals surface area contributed by atoms with Crippen molar-refractivity contribution in [2.24, 2.45) is 5.92 Å².